The van der Waals surface area contributed by atoms with Crippen molar-refractivity contribution in [2.24, 2.45) is 5.92 Å². The molecule has 1 unspecified atom stereocenters. The van der Waals surface area contributed by atoms with E-state index in [9.17, 15) is 4.79 Å². The minimum absolute atomic E-state index is 0.0858. The molecule has 0 fully saturated rings. The predicted octanol–water partition coefficient (Wildman–Crippen LogP) is 4.18. The Hall–Kier alpha value is -1.31. The lowest BCUT2D eigenvalue weighted by Gasteiger charge is -2.13. The molecular formula is C15H23NO. The van der Waals surface area contributed by atoms with E-state index in [1.165, 1.54) is 5.56 Å². The van der Waals surface area contributed by atoms with Crippen LogP contribution in [0.1, 0.15) is 52.0 Å². The van der Waals surface area contributed by atoms with Crippen molar-refractivity contribution in [1.29, 1.82) is 0 Å². The van der Waals surface area contributed by atoms with Crippen molar-refractivity contribution in [1.82, 2.24) is 0 Å². The highest BCUT2D eigenvalue weighted by Crippen LogP contribution is 2.19. The largest absolute Gasteiger partial charge is 0.326 e. The van der Waals surface area contributed by atoms with Crippen LogP contribution >= 0.6 is 0 Å². The summed E-state index contributed by atoms with van der Waals surface area (Å²) in [7, 11) is 0. The monoisotopic (exact) mass is 233 g/mol. The van der Waals surface area contributed by atoms with Crippen LogP contribution in [-0.4, -0.2) is 5.91 Å². The number of nitrogens with one attached hydrogen (secondary N) is 1. The molecule has 2 nitrogen and oxygen atoms in total. The van der Waals surface area contributed by atoms with E-state index in [4.69, 9.17) is 0 Å². The van der Waals surface area contributed by atoms with Crippen LogP contribution in [0, 0.1) is 5.92 Å². The molecule has 0 saturated carbocycles. The summed E-state index contributed by atoms with van der Waals surface area (Å²) >= 11 is 0. The van der Waals surface area contributed by atoms with Crippen molar-refractivity contribution in [2.45, 2.75) is 46.5 Å². The zero-order valence-electron chi connectivity index (χ0n) is 11.3. The molecular weight excluding hydrogens is 210 g/mol. The van der Waals surface area contributed by atoms with Crippen LogP contribution in [-0.2, 0) is 4.79 Å². The maximum Gasteiger partial charge on any atom is 0.227 e. The van der Waals surface area contributed by atoms with E-state index in [-0.39, 0.29) is 11.8 Å². The van der Waals surface area contributed by atoms with Crippen LogP contribution in [0.4, 0.5) is 5.69 Å². The number of carbonyl (C=O) groups is 1. The highest BCUT2D eigenvalue weighted by molar-refractivity contribution is 5.92. The van der Waals surface area contributed by atoms with Crippen molar-refractivity contribution in [2.75, 3.05) is 5.32 Å². The molecule has 0 bridgehead atoms. The molecule has 1 atom stereocenters. The van der Waals surface area contributed by atoms with Gasteiger partial charge < -0.3 is 5.32 Å². The van der Waals surface area contributed by atoms with Gasteiger partial charge in [0.2, 0.25) is 5.91 Å². The first kappa shape index (κ1) is 13.8. The number of hydrogen-bond acceptors (Lipinski definition) is 1. The van der Waals surface area contributed by atoms with E-state index < -0.39 is 0 Å². The number of rotatable bonds is 5. The fraction of sp³-hybridized carbons (Fsp3) is 0.533. The Morgan fingerprint density at radius 3 is 2.59 bits per heavy atom. The Labute approximate surface area is 104 Å². The molecule has 0 spiro atoms. The summed E-state index contributed by atoms with van der Waals surface area (Å²) in [5, 5.41) is 2.98. The van der Waals surface area contributed by atoms with Gasteiger partial charge in [-0.25, -0.2) is 0 Å². The van der Waals surface area contributed by atoms with Gasteiger partial charge in [0.15, 0.2) is 0 Å². The fourth-order valence-electron chi connectivity index (χ4n) is 1.81. The molecule has 1 N–H and O–H groups in total. The van der Waals surface area contributed by atoms with E-state index in [0.717, 1.165) is 18.5 Å². The third kappa shape index (κ3) is 4.22. The summed E-state index contributed by atoms with van der Waals surface area (Å²) in [4.78, 5) is 11.9. The van der Waals surface area contributed by atoms with Gasteiger partial charge in [-0.1, -0.05) is 46.2 Å². The van der Waals surface area contributed by atoms with Crippen molar-refractivity contribution >= 4 is 11.6 Å². The molecule has 0 aliphatic heterocycles. The first-order chi connectivity index (χ1) is 8.04. The molecule has 1 amide bonds. The zero-order valence-corrected chi connectivity index (χ0v) is 11.3. The Bertz CT molecular complexity index is 371. The van der Waals surface area contributed by atoms with Crippen LogP contribution in [0.15, 0.2) is 24.3 Å². The second-order valence-electron chi connectivity index (χ2n) is 4.96. The van der Waals surface area contributed by atoms with Gasteiger partial charge in [0.05, 0.1) is 0 Å². The minimum Gasteiger partial charge on any atom is -0.326 e. The topological polar surface area (TPSA) is 29.1 Å². The van der Waals surface area contributed by atoms with Crippen LogP contribution < -0.4 is 5.32 Å². The van der Waals surface area contributed by atoms with E-state index >= 15 is 0 Å². The van der Waals surface area contributed by atoms with Gasteiger partial charge in [-0.05, 0) is 30.0 Å². The summed E-state index contributed by atoms with van der Waals surface area (Å²) in [6.07, 6.45) is 1.98. The molecule has 17 heavy (non-hydrogen) atoms. The molecule has 0 aliphatic carbocycles. The average molecular weight is 233 g/mol. The first-order valence-electron chi connectivity index (χ1n) is 6.45. The first-order valence-corrected chi connectivity index (χ1v) is 6.45. The van der Waals surface area contributed by atoms with Crippen molar-refractivity contribution in [3.05, 3.63) is 29.8 Å². The quantitative estimate of drug-likeness (QED) is 0.812. The maximum atomic E-state index is 11.9. The SMILES string of the molecule is CCCC(C)C(=O)Nc1cccc(C(C)C)c1. The number of hydrogen-bond donors (Lipinski definition) is 1. The highest BCUT2D eigenvalue weighted by atomic mass is 16.1. The lowest BCUT2D eigenvalue weighted by atomic mass is 10.0. The van der Waals surface area contributed by atoms with Crippen LogP contribution in [0.5, 0.6) is 0 Å². The Morgan fingerprint density at radius 2 is 2.00 bits per heavy atom. The van der Waals surface area contributed by atoms with Crippen molar-refractivity contribution in [3.63, 3.8) is 0 Å². The Balaban J connectivity index is 2.68. The Kier molecular flexibility index (Phi) is 5.20. The average Bonchev–Trinajstić information content (AvgIpc) is 2.29. The molecule has 1 rings (SSSR count). The van der Waals surface area contributed by atoms with Crippen LogP contribution in [0.25, 0.3) is 0 Å². The highest BCUT2D eigenvalue weighted by Gasteiger charge is 2.12. The molecule has 0 heterocycles. The molecule has 0 saturated heterocycles. The second-order valence-corrected chi connectivity index (χ2v) is 4.96. The Morgan fingerprint density at radius 1 is 1.29 bits per heavy atom. The summed E-state index contributed by atoms with van der Waals surface area (Å²) < 4.78 is 0. The molecule has 0 aromatic heterocycles. The predicted molar refractivity (Wildman–Crippen MR) is 73.2 cm³/mol. The lowest BCUT2D eigenvalue weighted by molar-refractivity contribution is -0.119. The number of amides is 1. The summed E-state index contributed by atoms with van der Waals surface area (Å²) in [5.41, 5.74) is 2.16. The van der Waals surface area contributed by atoms with E-state index in [1.807, 2.05) is 19.1 Å². The minimum atomic E-state index is 0.0858. The van der Waals surface area contributed by atoms with Crippen molar-refractivity contribution in [3.8, 4) is 0 Å². The third-order valence-corrected chi connectivity index (χ3v) is 2.99. The number of anilines is 1. The van der Waals surface area contributed by atoms with Gasteiger partial charge >= 0.3 is 0 Å². The van der Waals surface area contributed by atoms with Crippen LogP contribution in [0.3, 0.4) is 0 Å². The van der Waals surface area contributed by atoms with Gasteiger partial charge in [0, 0.05) is 11.6 Å². The van der Waals surface area contributed by atoms with Gasteiger partial charge in [0.25, 0.3) is 0 Å². The van der Waals surface area contributed by atoms with E-state index in [2.05, 4.69) is 38.2 Å². The zero-order chi connectivity index (χ0) is 12.8. The van der Waals surface area contributed by atoms with Crippen molar-refractivity contribution < 1.29 is 4.79 Å². The maximum absolute atomic E-state index is 11.9. The van der Waals surface area contributed by atoms with Gasteiger partial charge in [-0.15, -0.1) is 0 Å². The molecule has 0 radical (unpaired) electrons. The normalized spacial score (nSPS) is 12.5. The van der Waals surface area contributed by atoms with E-state index in [1.54, 1.807) is 0 Å². The lowest BCUT2D eigenvalue weighted by Crippen LogP contribution is -2.20. The second kappa shape index (κ2) is 6.43. The van der Waals surface area contributed by atoms with Gasteiger partial charge in [-0.3, -0.25) is 4.79 Å². The molecule has 2 heteroatoms. The molecule has 1 aromatic rings. The molecule has 0 aliphatic rings. The summed E-state index contributed by atoms with van der Waals surface area (Å²) in [6, 6.07) is 8.09. The number of carbonyl (C=O) groups excluding carboxylic acids is 1. The number of benzene rings is 1. The smallest absolute Gasteiger partial charge is 0.227 e. The molecule has 94 valence electrons. The van der Waals surface area contributed by atoms with Gasteiger partial charge in [-0.2, -0.15) is 0 Å². The fourth-order valence-corrected chi connectivity index (χ4v) is 1.81. The summed E-state index contributed by atoms with van der Waals surface area (Å²) in [5.74, 6) is 0.690. The third-order valence-electron chi connectivity index (χ3n) is 2.99. The van der Waals surface area contributed by atoms with E-state index in [0.29, 0.717) is 5.92 Å². The molecule has 1 aromatic carbocycles. The summed E-state index contributed by atoms with van der Waals surface area (Å²) in [6.45, 7) is 8.38. The van der Waals surface area contributed by atoms with Crippen LogP contribution in [0.2, 0.25) is 0 Å². The van der Waals surface area contributed by atoms with Gasteiger partial charge in [0.1, 0.15) is 0 Å². The standard InChI is InChI=1S/C15H23NO/c1-5-7-12(4)15(17)16-14-9-6-8-13(10-14)11(2)3/h6,8-12H,5,7H2,1-4H3,(H,16,17).